The number of halogens is 1. The van der Waals surface area contributed by atoms with E-state index >= 15 is 0 Å². The minimum atomic E-state index is -0.518. The Balaban J connectivity index is 0.00000225. The van der Waals surface area contributed by atoms with Gasteiger partial charge in [0.2, 0.25) is 0 Å². The number of nitrogens with zero attached hydrogens (tertiary/aromatic N) is 3. The van der Waals surface area contributed by atoms with Crippen molar-refractivity contribution in [1.29, 1.82) is 0 Å². The fraction of sp³-hybridized carbons (Fsp3) is 0.333. The highest BCUT2D eigenvalue weighted by atomic mass is 127. The number of amides is 1. The van der Waals surface area contributed by atoms with Gasteiger partial charge in [-0.05, 0) is 12.1 Å². The summed E-state index contributed by atoms with van der Waals surface area (Å²) in [7, 11) is 1.81. The van der Waals surface area contributed by atoms with Crippen molar-refractivity contribution in [3.05, 3.63) is 52.8 Å². The van der Waals surface area contributed by atoms with Crippen LogP contribution in [0.4, 0.5) is 5.82 Å². The van der Waals surface area contributed by atoms with Crippen molar-refractivity contribution in [3.63, 3.8) is 0 Å². The van der Waals surface area contributed by atoms with Gasteiger partial charge in [-0.15, -0.1) is 11.8 Å². The lowest BCUT2D eigenvalue weighted by atomic mass is 10.2. The molecule has 1 aliphatic heterocycles. The Labute approximate surface area is 165 Å². The van der Waals surface area contributed by atoms with Crippen LogP contribution >= 0.6 is 11.8 Å². The minimum absolute atomic E-state index is 0. The Morgan fingerprint density at radius 2 is 2.36 bits per heavy atom. The van der Waals surface area contributed by atoms with Crippen LogP contribution in [0.5, 0.6) is 0 Å². The van der Waals surface area contributed by atoms with E-state index in [1.807, 2.05) is 13.2 Å². The van der Waals surface area contributed by atoms with Crippen LogP contribution in [-0.2, 0) is 11.8 Å². The first-order valence-electron chi connectivity index (χ1n) is 7.30. The quantitative estimate of drug-likeness (QED) is 0.359. The van der Waals surface area contributed by atoms with Crippen LogP contribution < -0.4 is 39.6 Å². The number of aromatic nitrogens is 3. The second kappa shape index (κ2) is 8.74. The molecule has 2 atom stereocenters. The van der Waals surface area contributed by atoms with Gasteiger partial charge in [-0.3, -0.25) is 9.36 Å². The number of hydrogen-bond donors (Lipinski definition) is 2. The average Bonchev–Trinajstić information content (AvgIpc) is 3.04. The molecule has 10 heteroatoms. The second-order valence-electron chi connectivity index (χ2n) is 5.25. The standard InChI is InChI=1S/C15H16N4O4S.HI/c1-18-5-2-3-10(7-18)14(21)16-11-4-6-19(15(22)17-11)12-9-24-13(8-20)23-12;/h2-7,12-13,20H,8-9H2,1H3;1H/t12-,13+;/m0./s1. The Kier molecular flexibility index (Phi) is 6.93. The molecule has 0 saturated carbocycles. The second-order valence-corrected chi connectivity index (χ2v) is 6.44. The maximum atomic E-state index is 12.2. The van der Waals surface area contributed by atoms with Crippen LogP contribution in [0.3, 0.4) is 0 Å². The Hall–Kier alpha value is -1.50. The van der Waals surface area contributed by atoms with Crippen molar-refractivity contribution in [2.45, 2.75) is 11.7 Å². The monoisotopic (exact) mass is 476 g/mol. The lowest BCUT2D eigenvalue weighted by Gasteiger charge is -2.13. The Morgan fingerprint density at radius 3 is 3.00 bits per heavy atom. The number of anilines is 1. The zero-order valence-electron chi connectivity index (χ0n) is 13.3. The van der Waals surface area contributed by atoms with Crippen LogP contribution in [0.25, 0.3) is 0 Å². The van der Waals surface area contributed by atoms with E-state index in [2.05, 4.69) is 10.3 Å². The summed E-state index contributed by atoms with van der Waals surface area (Å²) in [5.74, 6) is 0.389. The highest BCUT2D eigenvalue weighted by molar-refractivity contribution is 8.00. The Bertz CT molecular complexity index is 816. The predicted molar refractivity (Wildman–Crippen MR) is 87.5 cm³/mol. The van der Waals surface area contributed by atoms with Gasteiger partial charge in [-0.2, -0.15) is 4.98 Å². The average molecular weight is 476 g/mol. The van der Waals surface area contributed by atoms with E-state index in [-0.39, 0.29) is 47.7 Å². The van der Waals surface area contributed by atoms with E-state index in [0.29, 0.717) is 11.3 Å². The first kappa shape index (κ1) is 19.8. The molecule has 0 radical (unpaired) electrons. The van der Waals surface area contributed by atoms with E-state index < -0.39 is 11.9 Å². The van der Waals surface area contributed by atoms with E-state index in [4.69, 9.17) is 9.84 Å². The lowest BCUT2D eigenvalue weighted by molar-refractivity contribution is -0.671. The number of nitrogens with one attached hydrogen (secondary N) is 1. The molecule has 3 rings (SSSR count). The number of aliphatic hydroxyl groups excluding tert-OH is 1. The van der Waals surface area contributed by atoms with Gasteiger partial charge in [0, 0.05) is 18.0 Å². The third-order valence-electron chi connectivity index (χ3n) is 3.47. The third kappa shape index (κ3) is 4.77. The molecule has 2 aromatic heterocycles. The summed E-state index contributed by atoms with van der Waals surface area (Å²) in [4.78, 5) is 28.2. The fourth-order valence-corrected chi connectivity index (χ4v) is 3.23. The van der Waals surface area contributed by atoms with Crippen LogP contribution in [0, 0.1) is 0 Å². The van der Waals surface area contributed by atoms with Crippen LogP contribution in [-0.4, -0.2) is 38.4 Å². The number of carbonyl (C=O) groups is 1. The number of aryl methyl sites for hydroxylation is 1. The van der Waals surface area contributed by atoms with E-state index in [9.17, 15) is 9.59 Å². The van der Waals surface area contributed by atoms with Crippen molar-refractivity contribution in [2.75, 3.05) is 17.7 Å². The summed E-state index contributed by atoms with van der Waals surface area (Å²) in [6, 6.07) is 4.98. The molecule has 0 aromatic carbocycles. The van der Waals surface area contributed by atoms with Gasteiger partial charge in [0.25, 0.3) is 5.91 Å². The zero-order valence-corrected chi connectivity index (χ0v) is 16.3. The molecule has 2 aromatic rings. The number of rotatable bonds is 4. The molecule has 0 unspecified atom stereocenters. The molecule has 1 saturated heterocycles. The van der Waals surface area contributed by atoms with Crippen LogP contribution in [0.15, 0.2) is 41.6 Å². The molecular weight excluding hydrogens is 459 g/mol. The fourth-order valence-electron chi connectivity index (χ4n) is 2.30. The van der Waals surface area contributed by atoms with Crippen LogP contribution in [0.2, 0.25) is 0 Å². The number of ether oxygens (including phenoxy) is 1. The summed E-state index contributed by atoms with van der Waals surface area (Å²) >= 11 is 1.44. The maximum Gasteiger partial charge on any atom is 0.351 e. The molecule has 25 heavy (non-hydrogen) atoms. The van der Waals surface area contributed by atoms with Crippen molar-refractivity contribution in [3.8, 4) is 0 Å². The molecule has 1 amide bonds. The van der Waals surface area contributed by atoms with Crippen molar-refractivity contribution < 1.29 is 43.2 Å². The van der Waals surface area contributed by atoms with E-state index in [1.165, 1.54) is 22.5 Å². The highest BCUT2D eigenvalue weighted by Gasteiger charge is 2.27. The smallest absolute Gasteiger partial charge is 0.351 e. The molecule has 134 valence electrons. The number of pyridine rings is 1. The van der Waals surface area contributed by atoms with Gasteiger partial charge < -0.3 is 39.1 Å². The van der Waals surface area contributed by atoms with Crippen LogP contribution in [0.1, 0.15) is 16.6 Å². The number of hydrogen-bond acceptors (Lipinski definition) is 6. The molecule has 1 aliphatic rings. The molecule has 2 N–H and O–H groups in total. The van der Waals surface area contributed by atoms with Gasteiger partial charge >= 0.3 is 5.69 Å². The highest BCUT2D eigenvalue weighted by Crippen LogP contribution is 2.30. The number of thioether (sulfide) groups is 1. The molecule has 1 fully saturated rings. The van der Waals surface area contributed by atoms with Crippen molar-refractivity contribution in [2.24, 2.45) is 7.05 Å². The van der Waals surface area contributed by atoms with E-state index in [0.717, 1.165) is 0 Å². The third-order valence-corrected chi connectivity index (χ3v) is 4.58. The number of aliphatic hydroxyl groups is 1. The van der Waals surface area contributed by atoms with Crippen molar-refractivity contribution in [1.82, 2.24) is 9.55 Å². The van der Waals surface area contributed by atoms with Gasteiger partial charge in [0.15, 0.2) is 12.4 Å². The van der Waals surface area contributed by atoms with Gasteiger partial charge in [0.1, 0.15) is 30.1 Å². The van der Waals surface area contributed by atoms with Gasteiger partial charge in [-0.25, -0.2) is 9.36 Å². The summed E-state index contributed by atoms with van der Waals surface area (Å²) in [5.41, 5.74) is -0.386. The zero-order chi connectivity index (χ0) is 17.1. The predicted octanol–water partition coefficient (Wildman–Crippen LogP) is -3.10. The molecule has 3 heterocycles. The first-order chi connectivity index (χ1) is 11.6. The first-order valence-corrected chi connectivity index (χ1v) is 8.35. The minimum Gasteiger partial charge on any atom is -1.00 e. The summed E-state index contributed by atoms with van der Waals surface area (Å²) in [6.45, 7) is -0.105. The lowest BCUT2D eigenvalue weighted by Crippen LogP contribution is -3.00. The molecular formula is C15H17IN4O4S. The molecule has 0 spiro atoms. The summed E-state index contributed by atoms with van der Waals surface area (Å²) < 4.78 is 8.63. The van der Waals surface area contributed by atoms with Gasteiger partial charge in [-0.1, -0.05) is 0 Å². The maximum absolute atomic E-state index is 12.2. The normalized spacial score (nSPS) is 19.3. The van der Waals surface area contributed by atoms with Crippen molar-refractivity contribution >= 4 is 23.5 Å². The largest absolute Gasteiger partial charge is 1.00 e. The SMILES string of the molecule is C[n+]1cccc(C(=O)Nc2ccn([C@@H]3CS[C@H](CO)O3)c(=O)n2)c1.[I-]. The summed E-state index contributed by atoms with van der Waals surface area (Å²) in [5, 5.41) is 11.7. The topological polar surface area (TPSA) is 97.3 Å². The molecule has 8 nitrogen and oxygen atoms in total. The summed E-state index contributed by atoms with van der Waals surface area (Å²) in [6.07, 6.45) is 4.55. The van der Waals surface area contributed by atoms with Gasteiger partial charge in [0.05, 0.1) is 6.61 Å². The Morgan fingerprint density at radius 1 is 1.56 bits per heavy atom. The number of carbonyl (C=O) groups excluding carboxylic acids is 1. The molecule has 0 bridgehead atoms. The molecule has 0 aliphatic carbocycles. The van der Waals surface area contributed by atoms with E-state index in [1.54, 1.807) is 29.0 Å².